The smallest absolute Gasteiger partial charge is 0.0575 e. The molecule has 1 fully saturated rings. The highest BCUT2D eigenvalue weighted by Crippen LogP contribution is 2.21. The van der Waals surface area contributed by atoms with Crippen LogP contribution in [0.15, 0.2) is 0 Å². The predicted molar refractivity (Wildman–Crippen MR) is 47.7 cm³/mol. The molecule has 0 aromatic heterocycles. The van der Waals surface area contributed by atoms with Crippen molar-refractivity contribution in [1.29, 1.82) is 0 Å². The van der Waals surface area contributed by atoms with Gasteiger partial charge in [0.25, 0.3) is 0 Å². The van der Waals surface area contributed by atoms with Crippen LogP contribution in [0.4, 0.5) is 0 Å². The van der Waals surface area contributed by atoms with Gasteiger partial charge in [0.2, 0.25) is 0 Å². The number of rotatable bonds is 6. The number of ether oxygens (including phenoxy) is 1. The molecule has 0 spiro atoms. The van der Waals surface area contributed by atoms with Gasteiger partial charge >= 0.3 is 0 Å². The maximum atomic E-state index is 5.62. The minimum absolute atomic E-state index is 0.636. The average Bonchev–Trinajstić information content (AvgIpc) is 1.93. The Bertz CT molecular complexity index is 86.9. The average molecular weight is 156 g/mol. The number of unbranched alkanes of at least 4 members (excludes halogenated alkanes) is 3. The Balaban J connectivity index is 1.73. The third kappa shape index (κ3) is 3.76. The summed E-state index contributed by atoms with van der Waals surface area (Å²) in [4.78, 5) is 0. The van der Waals surface area contributed by atoms with Crippen LogP contribution in [0.5, 0.6) is 0 Å². The van der Waals surface area contributed by atoms with Crippen molar-refractivity contribution >= 4 is 0 Å². The lowest BCUT2D eigenvalue weighted by molar-refractivity contribution is 0.000650. The van der Waals surface area contributed by atoms with Crippen molar-refractivity contribution in [3.05, 3.63) is 0 Å². The van der Waals surface area contributed by atoms with Gasteiger partial charge in [-0.15, -0.1) is 0 Å². The molecule has 0 saturated heterocycles. The van der Waals surface area contributed by atoms with E-state index in [0.29, 0.717) is 6.10 Å². The van der Waals surface area contributed by atoms with Crippen LogP contribution in [-0.4, -0.2) is 12.7 Å². The Hall–Kier alpha value is -0.0400. The summed E-state index contributed by atoms with van der Waals surface area (Å²) in [6.07, 6.45) is 9.96. The van der Waals surface area contributed by atoms with E-state index in [1.54, 1.807) is 0 Å². The molecule has 0 radical (unpaired) electrons. The first kappa shape index (κ1) is 9.05. The lowest BCUT2D eigenvalue weighted by atomic mass is 9.96. The van der Waals surface area contributed by atoms with Gasteiger partial charge in [-0.05, 0) is 25.7 Å². The van der Waals surface area contributed by atoms with E-state index in [1.807, 2.05) is 0 Å². The van der Waals surface area contributed by atoms with E-state index in [2.05, 4.69) is 6.92 Å². The molecule has 0 bridgehead atoms. The summed E-state index contributed by atoms with van der Waals surface area (Å²) in [6, 6.07) is 0. The van der Waals surface area contributed by atoms with Crippen molar-refractivity contribution in [3.63, 3.8) is 0 Å². The molecule has 0 aromatic carbocycles. The van der Waals surface area contributed by atoms with Crippen LogP contribution in [0, 0.1) is 0 Å². The van der Waals surface area contributed by atoms with Crippen LogP contribution in [0.25, 0.3) is 0 Å². The summed E-state index contributed by atoms with van der Waals surface area (Å²) >= 11 is 0. The van der Waals surface area contributed by atoms with Crippen LogP contribution in [0.2, 0.25) is 0 Å². The van der Waals surface area contributed by atoms with E-state index < -0.39 is 0 Å². The van der Waals surface area contributed by atoms with Gasteiger partial charge in [0.1, 0.15) is 0 Å². The quantitative estimate of drug-likeness (QED) is 0.537. The molecule has 0 atom stereocenters. The second-order valence-electron chi connectivity index (χ2n) is 3.48. The third-order valence-corrected chi connectivity index (χ3v) is 2.40. The van der Waals surface area contributed by atoms with E-state index in [1.165, 1.54) is 44.9 Å². The Kier molecular flexibility index (Phi) is 4.60. The fourth-order valence-corrected chi connectivity index (χ4v) is 1.32. The molecule has 0 N–H and O–H groups in total. The van der Waals surface area contributed by atoms with Crippen molar-refractivity contribution in [1.82, 2.24) is 0 Å². The van der Waals surface area contributed by atoms with E-state index in [0.717, 1.165) is 6.61 Å². The highest BCUT2D eigenvalue weighted by Gasteiger charge is 2.16. The van der Waals surface area contributed by atoms with Crippen LogP contribution < -0.4 is 0 Å². The topological polar surface area (TPSA) is 9.23 Å². The molecule has 1 nitrogen and oxygen atoms in total. The minimum atomic E-state index is 0.636. The van der Waals surface area contributed by atoms with Crippen LogP contribution in [0.1, 0.15) is 51.9 Å². The standard InChI is InChI=1S/C10H20O/c1-2-3-4-5-9-11-10-7-6-8-10/h10H,2-9H2,1H3. The summed E-state index contributed by atoms with van der Waals surface area (Å²) in [7, 11) is 0. The molecule has 1 aliphatic carbocycles. The van der Waals surface area contributed by atoms with Crippen molar-refractivity contribution in [2.45, 2.75) is 58.0 Å². The first-order valence-electron chi connectivity index (χ1n) is 5.05. The molecule has 0 aliphatic heterocycles. The van der Waals surface area contributed by atoms with E-state index in [4.69, 9.17) is 4.74 Å². The molecule has 1 rings (SSSR count). The van der Waals surface area contributed by atoms with Gasteiger partial charge in [0, 0.05) is 6.61 Å². The largest absolute Gasteiger partial charge is 0.378 e. The van der Waals surface area contributed by atoms with Gasteiger partial charge in [-0.3, -0.25) is 0 Å². The minimum Gasteiger partial charge on any atom is -0.378 e. The Labute approximate surface area is 70.1 Å². The van der Waals surface area contributed by atoms with Crippen molar-refractivity contribution in [3.8, 4) is 0 Å². The van der Waals surface area contributed by atoms with Gasteiger partial charge in [-0.1, -0.05) is 26.2 Å². The monoisotopic (exact) mass is 156 g/mol. The second-order valence-corrected chi connectivity index (χ2v) is 3.48. The first-order chi connectivity index (χ1) is 5.43. The van der Waals surface area contributed by atoms with Gasteiger partial charge in [0.05, 0.1) is 6.10 Å². The summed E-state index contributed by atoms with van der Waals surface area (Å²) in [5, 5.41) is 0. The zero-order valence-corrected chi connectivity index (χ0v) is 7.64. The van der Waals surface area contributed by atoms with Gasteiger partial charge in [-0.2, -0.15) is 0 Å². The van der Waals surface area contributed by atoms with Crippen molar-refractivity contribution in [2.24, 2.45) is 0 Å². The molecule has 66 valence electrons. The second kappa shape index (κ2) is 5.59. The Morgan fingerprint density at radius 3 is 2.55 bits per heavy atom. The maximum absolute atomic E-state index is 5.62. The molecule has 11 heavy (non-hydrogen) atoms. The Morgan fingerprint density at radius 1 is 1.18 bits per heavy atom. The normalized spacial score (nSPS) is 18.3. The Morgan fingerprint density at radius 2 is 2.00 bits per heavy atom. The highest BCUT2D eigenvalue weighted by molar-refractivity contribution is 4.68. The summed E-state index contributed by atoms with van der Waals surface area (Å²) in [6.45, 7) is 3.25. The number of hydrogen-bond donors (Lipinski definition) is 0. The SMILES string of the molecule is CCCCCCOC1CCC1. The number of hydrogen-bond acceptors (Lipinski definition) is 1. The molecule has 0 heterocycles. The molecular weight excluding hydrogens is 136 g/mol. The molecule has 0 unspecified atom stereocenters. The fourth-order valence-electron chi connectivity index (χ4n) is 1.32. The fraction of sp³-hybridized carbons (Fsp3) is 1.00. The zero-order valence-electron chi connectivity index (χ0n) is 7.64. The van der Waals surface area contributed by atoms with Crippen molar-refractivity contribution < 1.29 is 4.74 Å². The van der Waals surface area contributed by atoms with Crippen molar-refractivity contribution in [2.75, 3.05) is 6.61 Å². The van der Waals surface area contributed by atoms with Crippen LogP contribution in [-0.2, 0) is 4.74 Å². The summed E-state index contributed by atoms with van der Waals surface area (Å²) < 4.78 is 5.62. The summed E-state index contributed by atoms with van der Waals surface area (Å²) in [5.74, 6) is 0. The van der Waals surface area contributed by atoms with Crippen LogP contribution in [0.3, 0.4) is 0 Å². The predicted octanol–water partition coefficient (Wildman–Crippen LogP) is 3.14. The molecule has 0 amide bonds. The molecule has 1 aliphatic rings. The van der Waals surface area contributed by atoms with E-state index in [-0.39, 0.29) is 0 Å². The highest BCUT2D eigenvalue weighted by atomic mass is 16.5. The zero-order chi connectivity index (χ0) is 7.94. The lowest BCUT2D eigenvalue weighted by Crippen LogP contribution is -2.21. The van der Waals surface area contributed by atoms with Crippen LogP contribution >= 0.6 is 0 Å². The van der Waals surface area contributed by atoms with Gasteiger partial charge in [0.15, 0.2) is 0 Å². The first-order valence-corrected chi connectivity index (χ1v) is 5.05. The summed E-state index contributed by atoms with van der Waals surface area (Å²) in [5.41, 5.74) is 0. The van der Waals surface area contributed by atoms with E-state index in [9.17, 15) is 0 Å². The molecular formula is C10H20O. The van der Waals surface area contributed by atoms with Gasteiger partial charge < -0.3 is 4.74 Å². The molecule has 0 aromatic rings. The molecule has 1 saturated carbocycles. The van der Waals surface area contributed by atoms with E-state index >= 15 is 0 Å². The maximum Gasteiger partial charge on any atom is 0.0575 e. The lowest BCUT2D eigenvalue weighted by Gasteiger charge is -2.25. The molecule has 1 heteroatoms. The third-order valence-electron chi connectivity index (χ3n) is 2.40. The van der Waals surface area contributed by atoms with Gasteiger partial charge in [-0.25, -0.2) is 0 Å².